The molecule has 0 spiro atoms. The Morgan fingerprint density at radius 2 is 2.45 bits per heavy atom. The molecule has 0 amide bonds. The number of thiophene rings is 1. The summed E-state index contributed by atoms with van der Waals surface area (Å²) in [5, 5.41) is 4.12. The van der Waals surface area contributed by atoms with Crippen molar-refractivity contribution in [1.82, 2.24) is 9.55 Å². The molecule has 2 rings (SSSR count). The second kappa shape index (κ2) is 2.79. The Morgan fingerprint density at radius 3 is 3.00 bits per heavy atom. The van der Waals surface area contributed by atoms with Gasteiger partial charge in [0.05, 0.1) is 5.69 Å². The van der Waals surface area contributed by atoms with Crippen LogP contribution in [0.1, 0.15) is 0 Å². The fraction of sp³-hybridized carbons (Fsp3) is 0. The summed E-state index contributed by atoms with van der Waals surface area (Å²) in [6.07, 6.45) is 3.69. The number of aromatic nitrogens is 2. The Morgan fingerprint density at radius 1 is 1.55 bits per heavy atom. The molecule has 0 unspecified atom stereocenters. The molecule has 0 atom stereocenters. The molecule has 0 aliphatic carbocycles. The van der Waals surface area contributed by atoms with E-state index in [0.29, 0.717) is 0 Å². The number of halogens is 1. The largest absolute Gasteiger partial charge is 0.294 e. The average Bonchev–Trinajstić information content (AvgIpc) is 2.55. The lowest BCUT2D eigenvalue weighted by atomic mass is 10.5. The highest BCUT2D eigenvalue weighted by Gasteiger charge is 1.99. The van der Waals surface area contributed by atoms with Crippen LogP contribution in [0.5, 0.6) is 0 Å². The lowest BCUT2D eigenvalue weighted by Crippen LogP contribution is -1.88. The van der Waals surface area contributed by atoms with Gasteiger partial charge in [0.1, 0.15) is 0 Å². The van der Waals surface area contributed by atoms with Crippen molar-refractivity contribution in [2.24, 2.45) is 0 Å². The molecule has 56 valence electrons. The fourth-order valence-corrected chi connectivity index (χ4v) is 1.94. The minimum Gasteiger partial charge on any atom is -0.294 e. The first-order chi connectivity index (χ1) is 5.38. The van der Waals surface area contributed by atoms with Gasteiger partial charge < -0.3 is 0 Å². The van der Waals surface area contributed by atoms with Crippen LogP contribution in [0.25, 0.3) is 5.69 Å². The van der Waals surface area contributed by atoms with Crippen molar-refractivity contribution < 1.29 is 0 Å². The van der Waals surface area contributed by atoms with Crippen LogP contribution in [0.3, 0.4) is 0 Å². The van der Waals surface area contributed by atoms with Gasteiger partial charge in [-0.1, -0.05) is 0 Å². The highest BCUT2D eigenvalue weighted by atomic mass is 79.9. The smallest absolute Gasteiger partial charge is 0.181 e. The van der Waals surface area contributed by atoms with E-state index in [1.165, 1.54) is 0 Å². The first-order valence-corrected chi connectivity index (χ1v) is 4.83. The van der Waals surface area contributed by atoms with Gasteiger partial charge in [-0.15, -0.1) is 0 Å². The summed E-state index contributed by atoms with van der Waals surface area (Å²) < 4.78 is 2.83. The summed E-state index contributed by atoms with van der Waals surface area (Å²) in [5.41, 5.74) is 1.15. The molecule has 0 radical (unpaired) electrons. The second-order valence-corrected chi connectivity index (χ2v) is 3.54. The Kier molecular flexibility index (Phi) is 1.79. The summed E-state index contributed by atoms with van der Waals surface area (Å²) in [4.78, 5) is 4.06. The number of hydrogen-bond donors (Lipinski definition) is 0. The summed E-state index contributed by atoms with van der Waals surface area (Å²) in [5.74, 6) is 0. The van der Waals surface area contributed by atoms with E-state index < -0.39 is 0 Å². The number of imidazole rings is 1. The molecule has 2 heterocycles. The highest BCUT2D eigenvalue weighted by Crippen LogP contribution is 2.16. The second-order valence-electron chi connectivity index (χ2n) is 2.05. The maximum atomic E-state index is 4.06. The minimum absolute atomic E-state index is 0.843. The van der Waals surface area contributed by atoms with Crippen LogP contribution < -0.4 is 0 Å². The SMILES string of the molecule is Brc1nccn1-c1ccsc1. The molecule has 2 aromatic heterocycles. The molecule has 0 aliphatic rings. The van der Waals surface area contributed by atoms with Gasteiger partial charge in [0.2, 0.25) is 0 Å². The van der Waals surface area contributed by atoms with Crippen molar-refractivity contribution in [3.05, 3.63) is 34.0 Å². The maximum Gasteiger partial charge on any atom is 0.181 e. The zero-order valence-corrected chi connectivity index (χ0v) is 7.97. The van der Waals surface area contributed by atoms with E-state index in [2.05, 4.69) is 32.4 Å². The van der Waals surface area contributed by atoms with E-state index in [-0.39, 0.29) is 0 Å². The fourth-order valence-electron chi connectivity index (χ4n) is 0.872. The maximum absolute atomic E-state index is 4.06. The van der Waals surface area contributed by atoms with Crippen LogP contribution in [0, 0.1) is 0 Å². The van der Waals surface area contributed by atoms with Crippen LogP contribution in [-0.4, -0.2) is 9.55 Å². The van der Waals surface area contributed by atoms with Gasteiger partial charge in [-0.2, -0.15) is 11.3 Å². The molecular formula is C7H5BrN2S. The van der Waals surface area contributed by atoms with Gasteiger partial charge in [-0.3, -0.25) is 4.57 Å². The molecule has 0 aromatic carbocycles. The van der Waals surface area contributed by atoms with Gasteiger partial charge in [0.15, 0.2) is 4.73 Å². The summed E-state index contributed by atoms with van der Waals surface area (Å²) in [7, 11) is 0. The van der Waals surface area contributed by atoms with E-state index in [4.69, 9.17) is 0 Å². The third kappa shape index (κ3) is 1.23. The first kappa shape index (κ1) is 7.06. The lowest BCUT2D eigenvalue weighted by molar-refractivity contribution is 1.02. The van der Waals surface area contributed by atoms with Crippen LogP contribution in [0.2, 0.25) is 0 Å². The molecule has 2 aromatic rings. The summed E-state index contributed by atoms with van der Waals surface area (Å²) in [6.45, 7) is 0. The van der Waals surface area contributed by atoms with Gasteiger partial charge in [0.25, 0.3) is 0 Å². The third-order valence-electron chi connectivity index (χ3n) is 1.38. The van der Waals surface area contributed by atoms with Gasteiger partial charge >= 0.3 is 0 Å². The molecule has 4 heteroatoms. The van der Waals surface area contributed by atoms with Crippen LogP contribution in [-0.2, 0) is 0 Å². The molecule has 0 saturated carbocycles. The van der Waals surface area contributed by atoms with E-state index in [1.54, 1.807) is 17.5 Å². The topological polar surface area (TPSA) is 17.8 Å². The summed E-state index contributed by atoms with van der Waals surface area (Å²) in [6, 6.07) is 2.05. The van der Waals surface area contributed by atoms with E-state index in [9.17, 15) is 0 Å². The van der Waals surface area contributed by atoms with Crippen LogP contribution >= 0.6 is 27.3 Å². The van der Waals surface area contributed by atoms with Gasteiger partial charge in [-0.05, 0) is 27.4 Å². The third-order valence-corrected chi connectivity index (χ3v) is 2.64. The molecular weight excluding hydrogens is 224 g/mol. The highest BCUT2D eigenvalue weighted by molar-refractivity contribution is 9.10. The standard InChI is InChI=1S/C7H5BrN2S/c8-7-9-2-3-10(7)6-1-4-11-5-6/h1-5H. The van der Waals surface area contributed by atoms with E-state index in [0.717, 1.165) is 10.4 Å². The van der Waals surface area contributed by atoms with Crippen molar-refractivity contribution in [3.63, 3.8) is 0 Å². The minimum atomic E-state index is 0.843. The normalized spacial score (nSPS) is 10.3. The quantitative estimate of drug-likeness (QED) is 0.735. The predicted molar refractivity (Wildman–Crippen MR) is 49.1 cm³/mol. The zero-order valence-electron chi connectivity index (χ0n) is 5.57. The number of rotatable bonds is 1. The van der Waals surface area contributed by atoms with Crippen molar-refractivity contribution in [2.45, 2.75) is 0 Å². The average molecular weight is 229 g/mol. The van der Waals surface area contributed by atoms with E-state index in [1.807, 2.05) is 16.1 Å². The molecule has 0 aliphatic heterocycles. The van der Waals surface area contributed by atoms with Crippen molar-refractivity contribution >= 4 is 27.3 Å². The van der Waals surface area contributed by atoms with Crippen molar-refractivity contribution in [1.29, 1.82) is 0 Å². The molecule has 11 heavy (non-hydrogen) atoms. The van der Waals surface area contributed by atoms with Crippen molar-refractivity contribution in [3.8, 4) is 5.69 Å². The predicted octanol–water partition coefficient (Wildman–Crippen LogP) is 2.70. The van der Waals surface area contributed by atoms with E-state index >= 15 is 0 Å². The first-order valence-electron chi connectivity index (χ1n) is 3.09. The van der Waals surface area contributed by atoms with Crippen LogP contribution in [0.4, 0.5) is 0 Å². The molecule has 0 saturated heterocycles. The van der Waals surface area contributed by atoms with Gasteiger partial charge in [-0.25, -0.2) is 4.98 Å². The lowest BCUT2D eigenvalue weighted by Gasteiger charge is -1.97. The molecule has 0 N–H and O–H groups in total. The summed E-state index contributed by atoms with van der Waals surface area (Å²) >= 11 is 5.02. The van der Waals surface area contributed by atoms with Crippen LogP contribution in [0.15, 0.2) is 34.0 Å². The Labute approximate surface area is 76.6 Å². The Hall–Kier alpha value is -0.610. The Bertz CT molecular complexity index is 339. The van der Waals surface area contributed by atoms with Crippen molar-refractivity contribution in [2.75, 3.05) is 0 Å². The number of hydrogen-bond acceptors (Lipinski definition) is 2. The molecule has 2 nitrogen and oxygen atoms in total. The molecule has 0 bridgehead atoms. The Balaban J connectivity index is 2.53. The molecule has 0 fully saturated rings. The number of nitrogens with zero attached hydrogens (tertiary/aromatic N) is 2. The monoisotopic (exact) mass is 228 g/mol. The van der Waals surface area contributed by atoms with Gasteiger partial charge in [0, 0.05) is 17.8 Å². The zero-order chi connectivity index (χ0) is 7.68.